The van der Waals surface area contributed by atoms with Crippen LogP contribution in [-0.2, 0) is 14.4 Å². The van der Waals surface area contributed by atoms with Gasteiger partial charge in [-0.3, -0.25) is 14.5 Å². The lowest BCUT2D eigenvalue weighted by Gasteiger charge is -2.23. The summed E-state index contributed by atoms with van der Waals surface area (Å²) in [6.45, 7) is 5.03. The maximum Gasteiger partial charge on any atom is 0.326 e. The van der Waals surface area contributed by atoms with E-state index in [4.69, 9.17) is 5.11 Å². The van der Waals surface area contributed by atoms with Crippen LogP contribution in [0.3, 0.4) is 0 Å². The number of amides is 4. The fourth-order valence-corrected chi connectivity index (χ4v) is 2.60. The number of urea groups is 1. The number of hydrogen-bond donors (Lipinski definition) is 3. The number of carbonyl (C=O) groups excluding carboxylic acids is 3. The first-order valence-electron chi connectivity index (χ1n) is 7.97. The van der Waals surface area contributed by atoms with Crippen LogP contribution in [0.25, 0.3) is 0 Å². The molecule has 0 bridgehead atoms. The summed E-state index contributed by atoms with van der Waals surface area (Å²) in [4.78, 5) is 48.3. The predicted octanol–water partition coefficient (Wildman–Crippen LogP) is 0.857. The summed E-state index contributed by atoms with van der Waals surface area (Å²) < 4.78 is 0. The van der Waals surface area contributed by atoms with Gasteiger partial charge in [-0.15, -0.1) is 0 Å². The Bertz CT molecular complexity index is 488. The van der Waals surface area contributed by atoms with Crippen molar-refractivity contribution in [1.29, 1.82) is 0 Å². The monoisotopic (exact) mass is 327 g/mol. The molecule has 0 unspecified atom stereocenters. The van der Waals surface area contributed by atoms with Gasteiger partial charge in [0.25, 0.3) is 5.91 Å². The summed E-state index contributed by atoms with van der Waals surface area (Å²) in [7, 11) is 0. The Morgan fingerprint density at radius 1 is 1.26 bits per heavy atom. The van der Waals surface area contributed by atoms with Crippen LogP contribution >= 0.6 is 0 Å². The van der Waals surface area contributed by atoms with Gasteiger partial charge in [-0.2, -0.15) is 0 Å². The fourth-order valence-electron chi connectivity index (χ4n) is 2.60. The van der Waals surface area contributed by atoms with Crippen LogP contribution in [0.5, 0.6) is 0 Å². The summed E-state index contributed by atoms with van der Waals surface area (Å²) in [6.07, 6.45) is 2.64. The van der Waals surface area contributed by atoms with Crippen molar-refractivity contribution in [2.45, 2.75) is 64.5 Å². The first-order chi connectivity index (χ1) is 10.8. The number of carbonyl (C=O) groups is 4. The molecule has 23 heavy (non-hydrogen) atoms. The van der Waals surface area contributed by atoms with Gasteiger partial charge in [0, 0.05) is 0 Å². The molecule has 4 amide bonds. The third-order valence-electron chi connectivity index (χ3n) is 4.23. The highest BCUT2D eigenvalue weighted by Crippen LogP contribution is 2.24. The van der Waals surface area contributed by atoms with Crippen LogP contribution in [0.2, 0.25) is 0 Å². The molecule has 0 aliphatic carbocycles. The third-order valence-corrected chi connectivity index (χ3v) is 4.23. The van der Waals surface area contributed by atoms with Crippen molar-refractivity contribution < 1.29 is 24.3 Å². The highest BCUT2D eigenvalue weighted by molar-refractivity contribution is 6.09. The molecule has 0 spiro atoms. The number of nitrogens with one attached hydrogen (secondary N) is 2. The van der Waals surface area contributed by atoms with E-state index in [1.807, 2.05) is 6.92 Å². The van der Waals surface area contributed by atoms with Crippen LogP contribution in [0.4, 0.5) is 4.79 Å². The minimum Gasteiger partial charge on any atom is -0.480 e. The van der Waals surface area contributed by atoms with Crippen molar-refractivity contribution in [3.05, 3.63) is 0 Å². The van der Waals surface area contributed by atoms with Crippen LogP contribution in [0.1, 0.15) is 52.9 Å². The molecule has 0 aromatic carbocycles. The molecule has 0 saturated carbocycles. The van der Waals surface area contributed by atoms with Gasteiger partial charge in [0.1, 0.15) is 18.1 Å². The highest BCUT2D eigenvalue weighted by atomic mass is 16.4. The van der Waals surface area contributed by atoms with Gasteiger partial charge in [0.05, 0.1) is 0 Å². The van der Waals surface area contributed by atoms with Crippen molar-refractivity contribution >= 4 is 23.8 Å². The van der Waals surface area contributed by atoms with Crippen molar-refractivity contribution in [3.8, 4) is 0 Å². The van der Waals surface area contributed by atoms with E-state index < -0.39 is 41.9 Å². The average Bonchev–Trinajstić information content (AvgIpc) is 2.75. The Balaban J connectivity index is 2.71. The molecule has 0 aromatic heterocycles. The van der Waals surface area contributed by atoms with E-state index in [2.05, 4.69) is 10.6 Å². The first kappa shape index (κ1) is 18.9. The topological polar surface area (TPSA) is 116 Å². The Kier molecular flexibility index (Phi) is 6.53. The number of carboxylic acid groups (broad SMARTS) is 1. The molecular weight excluding hydrogens is 302 g/mol. The smallest absolute Gasteiger partial charge is 0.326 e. The second kappa shape index (κ2) is 7.94. The Morgan fingerprint density at radius 3 is 2.30 bits per heavy atom. The number of carboxylic acids is 1. The van der Waals surface area contributed by atoms with Crippen LogP contribution in [0, 0.1) is 0 Å². The molecule has 130 valence electrons. The van der Waals surface area contributed by atoms with Crippen molar-refractivity contribution in [2.75, 3.05) is 6.54 Å². The van der Waals surface area contributed by atoms with E-state index in [-0.39, 0.29) is 0 Å². The molecule has 1 fully saturated rings. The molecule has 1 saturated heterocycles. The number of hydrogen-bond acceptors (Lipinski definition) is 4. The molecule has 8 nitrogen and oxygen atoms in total. The quantitative estimate of drug-likeness (QED) is 0.543. The molecule has 8 heteroatoms. The van der Waals surface area contributed by atoms with E-state index in [1.54, 1.807) is 13.8 Å². The fraction of sp³-hybridized carbons (Fsp3) is 0.733. The van der Waals surface area contributed by atoms with E-state index in [9.17, 15) is 19.2 Å². The highest BCUT2D eigenvalue weighted by Gasteiger charge is 2.49. The zero-order valence-electron chi connectivity index (χ0n) is 13.8. The summed E-state index contributed by atoms with van der Waals surface area (Å²) >= 11 is 0. The minimum atomic E-state index is -1.12. The normalized spacial score (nSPS) is 17.8. The standard InChI is InChI=1S/C15H25N3O5/c1-4-7-8-10(12(20)21)16-11(19)9-18-13(22)15(5-2,6-3)17-14(18)23/h10H,4-9H2,1-3H3,(H,16,19)(H,17,23)(H,20,21)/t10-/m0/s1. The van der Waals surface area contributed by atoms with Crippen molar-refractivity contribution in [3.63, 3.8) is 0 Å². The van der Waals surface area contributed by atoms with Crippen LogP contribution < -0.4 is 10.6 Å². The molecule has 0 aromatic rings. The molecule has 1 aliphatic heterocycles. The van der Waals surface area contributed by atoms with Gasteiger partial charge in [-0.05, 0) is 19.3 Å². The number of imide groups is 1. The minimum absolute atomic E-state index is 0.311. The maximum atomic E-state index is 12.4. The lowest BCUT2D eigenvalue weighted by molar-refractivity contribution is -0.142. The van der Waals surface area contributed by atoms with Gasteiger partial charge in [0.2, 0.25) is 5.91 Å². The van der Waals surface area contributed by atoms with Gasteiger partial charge in [-0.1, -0.05) is 33.6 Å². The van der Waals surface area contributed by atoms with Crippen LogP contribution in [0.15, 0.2) is 0 Å². The summed E-state index contributed by atoms with van der Waals surface area (Å²) in [6, 6.07) is -1.63. The lowest BCUT2D eigenvalue weighted by atomic mass is 9.93. The molecule has 1 aliphatic rings. The SMILES string of the molecule is CCCC[C@H](NC(=O)CN1C(=O)NC(CC)(CC)C1=O)C(=O)O. The van der Waals surface area contributed by atoms with Crippen molar-refractivity contribution in [1.82, 2.24) is 15.5 Å². The second-order valence-corrected chi connectivity index (χ2v) is 5.71. The number of unbranched alkanes of at least 4 members (excludes halogenated alkanes) is 1. The zero-order valence-corrected chi connectivity index (χ0v) is 13.8. The summed E-state index contributed by atoms with van der Waals surface area (Å²) in [5.41, 5.74) is -0.966. The van der Waals surface area contributed by atoms with E-state index in [1.165, 1.54) is 0 Å². The molecule has 1 heterocycles. The maximum absolute atomic E-state index is 12.4. The molecular formula is C15H25N3O5. The lowest BCUT2D eigenvalue weighted by Crippen LogP contribution is -2.48. The molecule has 3 N–H and O–H groups in total. The predicted molar refractivity (Wildman–Crippen MR) is 82.6 cm³/mol. The van der Waals surface area contributed by atoms with Gasteiger partial charge in [0.15, 0.2) is 0 Å². The number of rotatable bonds is 9. The average molecular weight is 327 g/mol. The van der Waals surface area contributed by atoms with Gasteiger partial charge in [-0.25, -0.2) is 9.59 Å². The zero-order chi connectivity index (χ0) is 17.6. The summed E-state index contributed by atoms with van der Waals surface area (Å²) in [5.74, 6) is -2.22. The molecule has 1 rings (SSSR count). The van der Waals surface area contributed by atoms with Crippen molar-refractivity contribution in [2.24, 2.45) is 0 Å². The summed E-state index contributed by atoms with van der Waals surface area (Å²) in [5, 5.41) is 14.1. The van der Waals surface area contributed by atoms with E-state index in [0.29, 0.717) is 25.7 Å². The first-order valence-corrected chi connectivity index (χ1v) is 7.97. The second-order valence-electron chi connectivity index (χ2n) is 5.71. The Labute approximate surface area is 135 Å². The molecule has 0 radical (unpaired) electrons. The Hall–Kier alpha value is -2.12. The molecule has 1 atom stereocenters. The third kappa shape index (κ3) is 4.20. The van der Waals surface area contributed by atoms with Gasteiger partial charge < -0.3 is 15.7 Å². The van der Waals surface area contributed by atoms with E-state index >= 15 is 0 Å². The van der Waals surface area contributed by atoms with E-state index in [0.717, 1.165) is 11.3 Å². The number of aliphatic carboxylic acids is 1. The Morgan fingerprint density at radius 2 is 1.87 bits per heavy atom. The largest absolute Gasteiger partial charge is 0.480 e. The van der Waals surface area contributed by atoms with Crippen LogP contribution in [-0.4, -0.2) is 51.9 Å². The number of nitrogens with zero attached hydrogens (tertiary/aromatic N) is 1. The van der Waals surface area contributed by atoms with Gasteiger partial charge >= 0.3 is 12.0 Å².